The second kappa shape index (κ2) is 11.6. The molecule has 0 aliphatic rings. The lowest BCUT2D eigenvalue weighted by atomic mass is 10.2. The third-order valence-corrected chi connectivity index (χ3v) is 5.52. The summed E-state index contributed by atoms with van der Waals surface area (Å²) in [7, 11) is 7.24. The first-order valence-electron chi connectivity index (χ1n) is 10.6. The van der Waals surface area contributed by atoms with Crippen molar-refractivity contribution in [2.45, 2.75) is 24.3 Å². The molecular formula is C26H22N2O3Si2. The van der Waals surface area contributed by atoms with Crippen LogP contribution in [0.4, 0.5) is 0 Å². The van der Waals surface area contributed by atoms with Crippen molar-refractivity contribution in [3.63, 3.8) is 0 Å². The van der Waals surface area contributed by atoms with Crippen LogP contribution in [0.25, 0.3) is 0 Å². The Hall–Kier alpha value is -3.27. The highest BCUT2D eigenvalue weighted by atomic mass is 28.1. The van der Waals surface area contributed by atoms with Crippen molar-refractivity contribution in [3.05, 3.63) is 108 Å². The van der Waals surface area contributed by atoms with Crippen molar-refractivity contribution in [3.8, 4) is 23.3 Å². The highest BCUT2D eigenvalue weighted by Crippen LogP contribution is 2.32. The van der Waals surface area contributed by atoms with Gasteiger partial charge in [-0.1, -0.05) is 48.5 Å². The van der Waals surface area contributed by atoms with Crippen LogP contribution in [0.3, 0.4) is 0 Å². The fraction of sp³-hybridized carbons (Fsp3) is 0.154. The third-order valence-electron chi connectivity index (χ3n) is 4.78. The summed E-state index contributed by atoms with van der Waals surface area (Å²) in [5.41, 5.74) is 1.53. The van der Waals surface area contributed by atoms with E-state index in [0.29, 0.717) is 23.8 Å². The summed E-state index contributed by atoms with van der Waals surface area (Å²) in [4.78, 5) is 9.31. The minimum absolute atomic E-state index is 0.303. The molecule has 4 aromatic rings. The van der Waals surface area contributed by atoms with Crippen molar-refractivity contribution in [2.75, 3.05) is 0 Å². The summed E-state index contributed by atoms with van der Waals surface area (Å²) < 4.78 is 18.2. The molecule has 2 atom stereocenters. The number of ether oxygens (including phenoxy) is 3. The molecule has 0 N–H and O–H groups in total. The Morgan fingerprint density at radius 2 is 0.970 bits per heavy atom. The molecule has 0 bridgehead atoms. The average molecular weight is 467 g/mol. The lowest BCUT2D eigenvalue weighted by Crippen LogP contribution is -2.13. The van der Waals surface area contributed by atoms with Crippen LogP contribution in [0.1, 0.15) is 23.6 Å². The molecule has 5 nitrogen and oxygen atoms in total. The van der Waals surface area contributed by atoms with Gasteiger partial charge < -0.3 is 14.2 Å². The van der Waals surface area contributed by atoms with Crippen molar-refractivity contribution in [2.24, 2.45) is 0 Å². The van der Waals surface area contributed by atoms with Crippen LogP contribution < -0.4 is 9.47 Å². The summed E-state index contributed by atoms with van der Waals surface area (Å²) in [5.74, 6) is 2.49. The van der Waals surface area contributed by atoms with E-state index in [4.69, 9.17) is 14.2 Å². The average Bonchev–Trinajstić information content (AvgIpc) is 2.86. The molecule has 0 amide bonds. The number of aromatic nitrogens is 2. The van der Waals surface area contributed by atoms with E-state index in [0.717, 1.165) is 22.9 Å². The molecule has 0 aliphatic heterocycles. The smallest absolute Gasteiger partial charge is 0.219 e. The Labute approximate surface area is 200 Å². The molecule has 0 fully saturated rings. The fourth-order valence-corrected chi connectivity index (χ4v) is 3.81. The first-order valence-corrected chi connectivity index (χ1v) is 12.0. The van der Waals surface area contributed by atoms with Crippen LogP contribution >= 0.6 is 0 Å². The van der Waals surface area contributed by atoms with E-state index in [9.17, 15) is 0 Å². The fourth-order valence-electron chi connectivity index (χ4n) is 3.20. The number of rotatable bonds is 10. The molecule has 2 aromatic heterocycles. The zero-order chi connectivity index (χ0) is 22.9. The van der Waals surface area contributed by atoms with E-state index in [1.165, 1.54) is 0 Å². The van der Waals surface area contributed by atoms with Gasteiger partial charge in [-0.05, 0) is 48.5 Å². The van der Waals surface area contributed by atoms with Crippen molar-refractivity contribution in [1.29, 1.82) is 0 Å². The van der Waals surface area contributed by atoms with Gasteiger partial charge in [0.2, 0.25) is 11.8 Å². The van der Waals surface area contributed by atoms with Crippen LogP contribution in [0.2, 0.25) is 12.1 Å². The summed E-state index contributed by atoms with van der Waals surface area (Å²) in [6.07, 6.45) is -0.606. The van der Waals surface area contributed by atoms with Gasteiger partial charge in [-0.3, -0.25) is 0 Å². The standard InChI is InChI=1S/C26H22N2O3Si2/c32-17-23(21-13-7-15-25(27-21)29-19-9-3-1-4-10-19)31-24(18-33)22-14-8-16-26(28-22)30-20-11-5-2-6-12-20/h1-16,23-24H,17-18H2. The molecule has 0 saturated carbocycles. The summed E-state index contributed by atoms with van der Waals surface area (Å²) in [6.45, 7) is 0. The lowest BCUT2D eigenvalue weighted by molar-refractivity contribution is 0.00174. The Morgan fingerprint density at radius 3 is 1.36 bits per heavy atom. The van der Waals surface area contributed by atoms with E-state index < -0.39 is 0 Å². The SMILES string of the molecule is [Si]CC(OC(C[Si])c1cccc(Oc2ccccc2)n1)c1cccc(Oc2ccccc2)n1. The van der Waals surface area contributed by atoms with Gasteiger partial charge in [-0.25, -0.2) is 9.97 Å². The Bertz CT molecular complexity index is 1060. The second-order valence-electron chi connectivity index (χ2n) is 7.15. The Morgan fingerprint density at radius 1 is 0.545 bits per heavy atom. The molecule has 0 spiro atoms. The van der Waals surface area contributed by atoms with Gasteiger partial charge in [0, 0.05) is 32.6 Å². The van der Waals surface area contributed by atoms with E-state index in [1.54, 1.807) is 0 Å². The maximum atomic E-state index is 6.40. The number of para-hydroxylation sites is 2. The molecule has 7 heteroatoms. The van der Waals surface area contributed by atoms with Gasteiger partial charge in [0.15, 0.2) is 0 Å². The highest BCUT2D eigenvalue weighted by molar-refractivity contribution is 6.09. The number of pyridine rings is 2. The lowest BCUT2D eigenvalue weighted by Gasteiger charge is -2.23. The maximum absolute atomic E-state index is 6.40. The molecule has 0 saturated heterocycles. The molecule has 2 unspecified atom stereocenters. The van der Waals surface area contributed by atoms with E-state index >= 15 is 0 Å². The van der Waals surface area contributed by atoms with E-state index in [2.05, 4.69) is 30.5 Å². The largest absolute Gasteiger partial charge is 0.439 e. The number of hydrogen-bond donors (Lipinski definition) is 0. The topological polar surface area (TPSA) is 53.5 Å². The highest BCUT2D eigenvalue weighted by Gasteiger charge is 2.21. The molecule has 6 radical (unpaired) electrons. The predicted octanol–water partition coefficient (Wildman–Crippen LogP) is 6.03. The molecule has 0 aliphatic carbocycles. The van der Waals surface area contributed by atoms with Gasteiger partial charge in [-0.2, -0.15) is 0 Å². The van der Waals surface area contributed by atoms with Crippen LogP contribution in [0, 0.1) is 0 Å². The van der Waals surface area contributed by atoms with Crippen LogP contribution in [-0.2, 0) is 4.74 Å². The molecule has 2 heterocycles. The van der Waals surface area contributed by atoms with Crippen molar-refractivity contribution >= 4 is 20.5 Å². The van der Waals surface area contributed by atoms with Crippen molar-refractivity contribution < 1.29 is 14.2 Å². The minimum atomic E-state index is -0.303. The normalized spacial score (nSPS) is 12.7. The quantitative estimate of drug-likeness (QED) is 0.267. The maximum Gasteiger partial charge on any atom is 0.219 e. The van der Waals surface area contributed by atoms with Crippen LogP contribution in [0.5, 0.6) is 23.3 Å². The van der Waals surface area contributed by atoms with Crippen molar-refractivity contribution in [1.82, 2.24) is 9.97 Å². The van der Waals surface area contributed by atoms with Gasteiger partial charge in [0.25, 0.3) is 0 Å². The van der Waals surface area contributed by atoms with Crippen LogP contribution in [-0.4, -0.2) is 30.5 Å². The van der Waals surface area contributed by atoms with E-state index in [1.807, 2.05) is 97.1 Å². The Balaban J connectivity index is 1.49. The van der Waals surface area contributed by atoms with Gasteiger partial charge in [0.05, 0.1) is 23.6 Å². The monoisotopic (exact) mass is 466 g/mol. The second-order valence-corrected chi connectivity index (χ2v) is 7.97. The van der Waals surface area contributed by atoms with E-state index in [-0.39, 0.29) is 12.2 Å². The number of nitrogens with zero attached hydrogens (tertiary/aromatic N) is 2. The summed E-state index contributed by atoms with van der Waals surface area (Å²) in [5, 5.41) is 0. The zero-order valence-corrected chi connectivity index (χ0v) is 19.9. The molecule has 4 rings (SSSR count). The van der Waals surface area contributed by atoms with Gasteiger partial charge in [-0.15, -0.1) is 0 Å². The van der Waals surface area contributed by atoms with Gasteiger partial charge in [0.1, 0.15) is 11.5 Å². The first-order chi connectivity index (χ1) is 16.2. The third kappa shape index (κ3) is 6.38. The molecule has 162 valence electrons. The van der Waals surface area contributed by atoms with Crippen LogP contribution in [0.15, 0.2) is 97.1 Å². The number of hydrogen-bond acceptors (Lipinski definition) is 5. The summed E-state index contributed by atoms with van der Waals surface area (Å²) in [6, 6.07) is 31.6. The van der Waals surface area contributed by atoms with Gasteiger partial charge >= 0.3 is 0 Å². The molecular weight excluding hydrogens is 444 g/mol. The first kappa shape index (κ1) is 22.9. The molecule has 33 heavy (non-hydrogen) atoms. The summed E-state index contributed by atoms with van der Waals surface area (Å²) >= 11 is 0. The minimum Gasteiger partial charge on any atom is -0.439 e. The number of benzene rings is 2. The predicted molar refractivity (Wildman–Crippen MR) is 129 cm³/mol. The molecule has 2 aromatic carbocycles. The Kier molecular flexibility index (Phi) is 8.02. The zero-order valence-electron chi connectivity index (χ0n) is 17.9.